The average Bonchev–Trinajstić information content (AvgIpc) is 2.48. The number of hydrogen-bond acceptors (Lipinski definition) is 3. The minimum atomic E-state index is -0.0484. The van der Waals surface area contributed by atoms with Crippen molar-refractivity contribution in [3.63, 3.8) is 0 Å². The summed E-state index contributed by atoms with van der Waals surface area (Å²) in [5.41, 5.74) is 1.91. The second-order valence-electron chi connectivity index (χ2n) is 6.34. The number of ether oxygens (including phenoxy) is 1. The van der Waals surface area contributed by atoms with Gasteiger partial charge in [0.2, 0.25) is 0 Å². The van der Waals surface area contributed by atoms with Gasteiger partial charge in [-0.2, -0.15) is 0 Å². The lowest BCUT2D eigenvalue weighted by atomic mass is 10.0. The van der Waals surface area contributed by atoms with Gasteiger partial charge in [0.15, 0.2) is 6.61 Å². The van der Waals surface area contributed by atoms with Crippen molar-refractivity contribution in [2.75, 3.05) is 26.2 Å². The van der Waals surface area contributed by atoms with Gasteiger partial charge in [-0.1, -0.05) is 18.5 Å². The van der Waals surface area contributed by atoms with Crippen molar-refractivity contribution in [1.82, 2.24) is 10.2 Å². The Morgan fingerprint density at radius 3 is 2.48 bits per heavy atom. The summed E-state index contributed by atoms with van der Waals surface area (Å²) in [5.74, 6) is 0.704. The topological polar surface area (TPSA) is 41.6 Å². The van der Waals surface area contributed by atoms with Crippen molar-refractivity contribution in [3.8, 4) is 5.75 Å². The first kappa shape index (κ1) is 18.1. The first-order valence-corrected chi connectivity index (χ1v) is 8.78. The Morgan fingerprint density at radius 1 is 1.30 bits per heavy atom. The molecule has 0 aliphatic carbocycles. The van der Waals surface area contributed by atoms with E-state index in [1.165, 1.54) is 6.42 Å². The normalized spacial score (nSPS) is 16.3. The third-order valence-electron chi connectivity index (χ3n) is 4.27. The molecule has 4 nitrogen and oxygen atoms in total. The predicted octanol–water partition coefficient (Wildman–Crippen LogP) is 3.33. The zero-order valence-corrected chi connectivity index (χ0v) is 15.1. The van der Waals surface area contributed by atoms with Crippen molar-refractivity contribution in [2.45, 2.75) is 46.1 Å². The van der Waals surface area contributed by atoms with Crippen LogP contribution >= 0.6 is 11.6 Å². The molecule has 1 aliphatic rings. The number of likely N-dealkylation sites (tertiary alicyclic amines) is 1. The molecule has 1 N–H and O–H groups in total. The summed E-state index contributed by atoms with van der Waals surface area (Å²) < 4.78 is 5.70. The molecule has 1 aromatic carbocycles. The Labute approximate surface area is 144 Å². The molecule has 0 spiro atoms. The van der Waals surface area contributed by atoms with Gasteiger partial charge in [-0.25, -0.2) is 0 Å². The van der Waals surface area contributed by atoms with Crippen LogP contribution in [0.1, 0.15) is 37.3 Å². The Kier molecular flexibility index (Phi) is 6.72. The molecule has 0 atom stereocenters. The zero-order chi connectivity index (χ0) is 16.8. The number of piperidine rings is 1. The Balaban J connectivity index is 1.78. The number of carbonyl (C=O) groups is 1. The Morgan fingerprint density at radius 2 is 1.91 bits per heavy atom. The van der Waals surface area contributed by atoms with Crippen LogP contribution in [-0.2, 0) is 4.79 Å². The van der Waals surface area contributed by atoms with Gasteiger partial charge >= 0.3 is 0 Å². The maximum atomic E-state index is 12.1. The third kappa shape index (κ3) is 5.40. The van der Waals surface area contributed by atoms with Crippen LogP contribution in [0.3, 0.4) is 0 Å². The lowest BCUT2D eigenvalue weighted by Gasteiger charge is -2.32. The highest BCUT2D eigenvalue weighted by atomic mass is 35.5. The molecule has 1 heterocycles. The fourth-order valence-corrected chi connectivity index (χ4v) is 3.48. The molecule has 0 radical (unpaired) electrons. The molecule has 2 rings (SSSR count). The highest BCUT2D eigenvalue weighted by molar-refractivity contribution is 6.30. The number of amides is 1. The summed E-state index contributed by atoms with van der Waals surface area (Å²) in [7, 11) is 0. The van der Waals surface area contributed by atoms with E-state index in [9.17, 15) is 4.79 Å². The molecule has 0 unspecified atom stereocenters. The third-order valence-corrected chi connectivity index (χ3v) is 4.48. The molecule has 1 fully saturated rings. The van der Waals surface area contributed by atoms with Crippen LogP contribution in [0.2, 0.25) is 5.02 Å². The summed E-state index contributed by atoms with van der Waals surface area (Å²) in [6.07, 6.45) is 3.22. The number of halogens is 1. The van der Waals surface area contributed by atoms with Crippen molar-refractivity contribution in [3.05, 3.63) is 28.3 Å². The van der Waals surface area contributed by atoms with Crippen molar-refractivity contribution in [2.24, 2.45) is 0 Å². The molecule has 128 valence electrons. The molecular weight excluding hydrogens is 312 g/mol. The van der Waals surface area contributed by atoms with E-state index < -0.39 is 0 Å². The molecule has 23 heavy (non-hydrogen) atoms. The lowest BCUT2D eigenvalue weighted by molar-refractivity contribution is -0.124. The number of rotatable bonds is 6. The molecule has 1 amide bonds. The Hall–Kier alpha value is -1.26. The maximum absolute atomic E-state index is 12.1. The van der Waals surface area contributed by atoms with Gasteiger partial charge in [0.05, 0.1) is 0 Å². The zero-order valence-electron chi connectivity index (χ0n) is 14.3. The van der Waals surface area contributed by atoms with Crippen LogP contribution in [0.5, 0.6) is 5.75 Å². The van der Waals surface area contributed by atoms with Gasteiger partial charge in [-0.05, 0) is 62.9 Å². The van der Waals surface area contributed by atoms with E-state index in [4.69, 9.17) is 16.3 Å². The molecule has 0 aromatic heterocycles. The first-order chi connectivity index (χ1) is 11.0. The molecule has 1 aromatic rings. The van der Waals surface area contributed by atoms with Crippen molar-refractivity contribution in [1.29, 1.82) is 0 Å². The SMILES string of the molecule is CCCN1CCC(NC(=O)COc2c(C)cc(Cl)cc2C)CC1. The van der Waals surface area contributed by atoms with Gasteiger partial charge in [0, 0.05) is 24.2 Å². The fraction of sp³-hybridized carbons (Fsp3) is 0.611. The summed E-state index contributed by atoms with van der Waals surface area (Å²) >= 11 is 6.01. The summed E-state index contributed by atoms with van der Waals surface area (Å²) in [4.78, 5) is 14.6. The smallest absolute Gasteiger partial charge is 0.258 e. The minimum Gasteiger partial charge on any atom is -0.483 e. The van der Waals surface area contributed by atoms with Crippen LogP contribution in [-0.4, -0.2) is 43.1 Å². The van der Waals surface area contributed by atoms with E-state index in [0.29, 0.717) is 5.02 Å². The Bertz CT molecular complexity index is 517. The van der Waals surface area contributed by atoms with Gasteiger partial charge in [-0.15, -0.1) is 0 Å². The number of hydrogen-bond donors (Lipinski definition) is 1. The van der Waals surface area contributed by atoms with Crippen LogP contribution in [0, 0.1) is 13.8 Å². The van der Waals surface area contributed by atoms with Gasteiger partial charge in [-0.3, -0.25) is 4.79 Å². The van der Waals surface area contributed by atoms with E-state index in [2.05, 4.69) is 17.1 Å². The number of benzene rings is 1. The second kappa shape index (κ2) is 8.55. The average molecular weight is 339 g/mol. The largest absolute Gasteiger partial charge is 0.483 e. The summed E-state index contributed by atoms with van der Waals surface area (Å²) in [6.45, 7) is 9.42. The van der Waals surface area contributed by atoms with Gasteiger partial charge in [0.1, 0.15) is 5.75 Å². The van der Waals surface area contributed by atoms with Crippen LogP contribution in [0.15, 0.2) is 12.1 Å². The number of nitrogens with one attached hydrogen (secondary N) is 1. The highest BCUT2D eigenvalue weighted by Crippen LogP contribution is 2.26. The second-order valence-corrected chi connectivity index (χ2v) is 6.78. The maximum Gasteiger partial charge on any atom is 0.258 e. The van der Waals surface area contributed by atoms with Crippen LogP contribution in [0.25, 0.3) is 0 Å². The van der Waals surface area contributed by atoms with Crippen LogP contribution in [0.4, 0.5) is 0 Å². The molecule has 0 saturated carbocycles. The summed E-state index contributed by atoms with van der Waals surface area (Å²) in [6, 6.07) is 3.97. The quantitative estimate of drug-likeness (QED) is 0.865. The van der Waals surface area contributed by atoms with E-state index in [-0.39, 0.29) is 18.6 Å². The van der Waals surface area contributed by atoms with E-state index in [1.54, 1.807) is 0 Å². The molecular formula is C18H27ClN2O2. The minimum absolute atomic E-state index is 0.0484. The molecule has 1 saturated heterocycles. The van der Waals surface area contributed by atoms with E-state index in [1.807, 2.05) is 26.0 Å². The first-order valence-electron chi connectivity index (χ1n) is 8.41. The van der Waals surface area contributed by atoms with Crippen LogP contribution < -0.4 is 10.1 Å². The summed E-state index contributed by atoms with van der Waals surface area (Å²) in [5, 5.41) is 3.78. The molecule has 1 aliphatic heterocycles. The molecule has 5 heteroatoms. The number of nitrogens with zero attached hydrogens (tertiary/aromatic N) is 1. The van der Waals surface area contributed by atoms with Gasteiger partial charge < -0.3 is 15.0 Å². The molecule has 0 bridgehead atoms. The predicted molar refractivity (Wildman–Crippen MR) is 94.3 cm³/mol. The van der Waals surface area contributed by atoms with Crippen molar-refractivity contribution >= 4 is 17.5 Å². The van der Waals surface area contributed by atoms with Crippen molar-refractivity contribution < 1.29 is 9.53 Å². The number of aryl methyl sites for hydroxylation is 2. The standard InChI is InChI=1S/C18H27ClN2O2/c1-4-7-21-8-5-16(6-9-21)20-17(22)12-23-18-13(2)10-15(19)11-14(18)3/h10-11,16H,4-9,12H2,1-3H3,(H,20,22). The van der Waals surface area contributed by atoms with E-state index in [0.717, 1.165) is 49.4 Å². The monoisotopic (exact) mass is 338 g/mol. The highest BCUT2D eigenvalue weighted by Gasteiger charge is 2.20. The number of carbonyl (C=O) groups excluding carboxylic acids is 1. The van der Waals surface area contributed by atoms with Gasteiger partial charge in [0.25, 0.3) is 5.91 Å². The fourth-order valence-electron chi connectivity index (χ4n) is 3.15. The van der Waals surface area contributed by atoms with E-state index >= 15 is 0 Å². The lowest BCUT2D eigenvalue weighted by Crippen LogP contribution is -2.46.